The van der Waals surface area contributed by atoms with Crippen molar-refractivity contribution in [2.24, 2.45) is 0 Å². The van der Waals surface area contributed by atoms with Gasteiger partial charge in [-0.1, -0.05) is 18.2 Å². The third-order valence-corrected chi connectivity index (χ3v) is 4.05. The number of hydrogen-bond donors (Lipinski definition) is 2. The van der Waals surface area contributed by atoms with Crippen molar-refractivity contribution in [2.75, 3.05) is 5.32 Å². The number of amidine groups is 1. The largest absolute Gasteiger partial charge is 0.495 e. The molecular weight excluding hydrogens is 336 g/mol. The normalized spacial score (nSPS) is 13.0. The van der Waals surface area contributed by atoms with Gasteiger partial charge in [0.1, 0.15) is 16.4 Å². The standard InChI is InChI=1S/C14H10F4N2O2S/c15-10-6-8-11(9-7-10)19-13(14(16,17)18)20-23(21,22)12-4-2-1-3-5-12/h1-9H,(H,19,20)/p+1. The van der Waals surface area contributed by atoms with Gasteiger partial charge in [-0.3, -0.25) is 0 Å². The first-order valence-corrected chi connectivity index (χ1v) is 7.71. The van der Waals surface area contributed by atoms with Gasteiger partial charge in [-0.15, -0.1) is 0 Å². The van der Waals surface area contributed by atoms with E-state index in [4.69, 9.17) is 0 Å². The number of nitrogens with one attached hydrogen (secondary N) is 2. The number of benzene rings is 2. The Morgan fingerprint density at radius 2 is 1.52 bits per heavy atom. The van der Waals surface area contributed by atoms with Crippen molar-refractivity contribution >= 4 is 21.5 Å². The van der Waals surface area contributed by atoms with Gasteiger partial charge in [-0.05, 0) is 36.4 Å². The smallest absolute Gasteiger partial charge is 0.236 e. The van der Waals surface area contributed by atoms with Gasteiger partial charge in [0.05, 0.1) is 0 Å². The summed E-state index contributed by atoms with van der Waals surface area (Å²) in [6, 6.07) is 10.6. The summed E-state index contributed by atoms with van der Waals surface area (Å²) in [6.45, 7) is 0. The van der Waals surface area contributed by atoms with E-state index in [0.29, 0.717) is 0 Å². The summed E-state index contributed by atoms with van der Waals surface area (Å²) in [7, 11) is -4.41. The van der Waals surface area contributed by atoms with Crippen molar-refractivity contribution in [1.29, 1.82) is 0 Å². The fourth-order valence-corrected chi connectivity index (χ4v) is 2.69. The maximum atomic E-state index is 13.0. The molecule has 2 aromatic rings. The molecule has 2 aromatic carbocycles. The number of rotatable bonds is 3. The third-order valence-electron chi connectivity index (χ3n) is 2.69. The van der Waals surface area contributed by atoms with Gasteiger partial charge in [0, 0.05) is 0 Å². The van der Waals surface area contributed by atoms with E-state index in [-0.39, 0.29) is 10.6 Å². The zero-order chi connectivity index (χ0) is 17.1. The van der Waals surface area contributed by atoms with E-state index in [1.807, 2.05) is 5.32 Å². The second-order valence-corrected chi connectivity index (χ2v) is 6.11. The lowest BCUT2D eigenvalue weighted by Crippen LogP contribution is -2.80. The molecule has 0 spiro atoms. The number of halogens is 4. The first-order valence-electron chi connectivity index (χ1n) is 6.23. The number of hydrogen-bond acceptors (Lipinski definition) is 2. The van der Waals surface area contributed by atoms with Gasteiger partial charge in [0.15, 0.2) is 0 Å². The molecule has 0 saturated heterocycles. The second kappa shape index (κ2) is 6.37. The minimum absolute atomic E-state index is 0.116. The second-order valence-electron chi connectivity index (χ2n) is 4.42. The van der Waals surface area contributed by atoms with Crippen LogP contribution in [-0.2, 0) is 10.0 Å². The molecular formula is C14H11F4N2O2S+. The van der Waals surface area contributed by atoms with Crippen LogP contribution in [-0.4, -0.2) is 20.4 Å². The SMILES string of the molecule is O=S(=O)([NH+]=C(Nc1ccc(F)cc1)C(F)(F)F)c1ccccc1. The average molecular weight is 347 g/mol. The molecule has 0 radical (unpaired) electrons. The summed E-state index contributed by atoms with van der Waals surface area (Å²) in [5.41, 5.74) is -0.116. The van der Waals surface area contributed by atoms with Crippen LogP contribution < -0.4 is 9.71 Å². The third kappa shape index (κ3) is 4.52. The van der Waals surface area contributed by atoms with Gasteiger partial charge < -0.3 is 0 Å². The van der Waals surface area contributed by atoms with Crippen LogP contribution in [0.4, 0.5) is 23.2 Å². The molecule has 0 atom stereocenters. The van der Waals surface area contributed by atoms with Gasteiger partial charge in [0.2, 0.25) is 0 Å². The topological polar surface area (TPSA) is 60.1 Å². The van der Waals surface area contributed by atoms with E-state index in [9.17, 15) is 26.0 Å². The lowest BCUT2D eigenvalue weighted by molar-refractivity contribution is -0.289. The van der Waals surface area contributed by atoms with Crippen LogP contribution in [0.3, 0.4) is 0 Å². The maximum absolute atomic E-state index is 13.0. The van der Waals surface area contributed by atoms with Crippen molar-refractivity contribution in [2.45, 2.75) is 11.1 Å². The molecule has 0 unspecified atom stereocenters. The van der Waals surface area contributed by atoms with Gasteiger partial charge >= 0.3 is 22.0 Å². The first-order chi connectivity index (χ1) is 10.7. The number of anilines is 1. The molecule has 0 heterocycles. The Morgan fingerprint density at radius 1 is 0.957 bits per heavy atom. The Kier molecular flexibility index (Phi) is 4.69. The predicted octanol–water partition coefficient (Wildman–Crippen LogP) is 1.67. The molecule has 23 heavy (non-hydrogen) atoms. The Morgan fingerprint density at radius 3 is 2.04 bits per heavy atom. The van der Waals surface area contributed by atoms with E-state index >= 15 is 0 Å². The first kappa shape index (κ1) is 16.9. The molecule has 0 fully saturated rings. The molecule has 0 amide bonds. The highest BCUT2D eigenvalue weighted by Crippen LogP contribution is 2.17. The summed E-state index contributed by atoms with van der Waals surface area (Å²) in [5, 5.41) is 1.91. The van der Waals surface area contributed by atoms with E-state index in [1.165, 1.54) is 22.6 Å². The fourth-order valence-electron chi connectivity index (χ4n) is 1.62. The van der Waals surface area contributed by atoms with Crippen LogP contribution in [0.15, 0.2) is 59.5 Å². The van der Waals surface area contributed by atoms with Crippen LogP contribution in [0, 0.1) is 5.82 Å². The minimum atomic E-state index is -4.98. The average Bonchev–Trinajstić information content (AvgIpc) is 2.48. The highest BCUT2D eigenvalue weighted by atomic mass is 32.2. The molecule has 0 aliphatic heterocycles. The Hall–Kier alpha value is -2.42. The van der Waals surface area contributed by atoms with E-state index in [0.717, 1.165) is 36.4 Å². The van der Waals surface area contributed by atoms with Crippen LogP contribution in [0.5, 0.6) is 0 Å². The highest BCUT2D eigenvalue weighted by Gasteiger charge is 2.44. The lowest BCUT2D eigenvalue weighted by atomic mass is 10.3. The van der Waals surface area contributed by atoms with E-state index in [2.05, 4.69) is 0 Å². The van der Waals surface area contributed by atoms with Crippen molar-refractivity contribution < 1.29 is 30.4 Å². The summed E-state index contributed by atoms with van der Waals surface area (Å²) in [4.78, 5) is -0.317. The Balaban J connectivity index is 2.41. The molecule has 0 aromatic heterocycles. The maximum Gasteiger partial charge on any atom is 0.495 e. The molecule has 0 saturated carbocycles. The van der Waals surface area contributed by atoms with Gasteiger partial charge in [-0.25, -0.2) is 9.71 Å². The molecule has 2 rings (SSSR count). The number of alkyl halides is 3. The summed E-state index contributed by atoms with van der Waals surface area (Å²) < 4.78 is 77.3. The van der Waals surface area contributed by atoms with E-state index < -0.39 is 27.9 Å². The monoisotopic (exact) mass is 347 g/mol. The quantitative estimate of drug-likeness (QED) is 0.504. The van der Waals surface area contributed by atoms with Crippen LogP contribution >= 0.6 is 0 Å². The Bertz CT molecular complexity index is 801. The molecule has 0 bridgehead atoms. The van der Waals surface area contributed by atoms with Crippen LogP contribution in [0.1, 0.15) is 0 Å². The minimum Gasteiger partial charge on any atom is -0.236 e. The lowest BCUT2D eigenvalue weighted by Gasteiger charge is -2.07. The fraction of sp³-hybridized carbons (Fsp3) is 0.0714. The van der Waals surface area contributed by atoms with Crippen molar-refractivity contribution in [3.8, 4) is 0 Å². The van der Waals surface area contributed by atoms with Crippen molar-refractivity contribution in [3.05, 3.63) is 60.4 Å². The molecule has 9 heteroatoms. The molecule has 2 N–H and O–H groups in total. The molecule has 0 aliphatic rings. The molecule has 122 valence electrons. The summed E-state index contributed by atoms with van der Waals surface area (Å²) in [6.07, 6.45) is -4.98. The van der Waals surface area contributed by atoms with Gasteiger partial charge in [0.25, 0.3) is 0 Å². The van der Waals surface area contributed by atoms with Crippen molar-refractivity contribution in [1.82, 2.24) is 0 Å². The zero-order valence-electron chi connectivity index (χ0n) is 11.4. The van der Waals surface area contributed by atoms with Crippen LogP contribution in [0.2, 0.25) is 0 Å². The predicted molar refractivity (Wildman–Crippen MR) is 75.7 cm³/mol. The van der Waals surface area contributed by atoms with Crippen LogP contribution in [0.25, 0.3) is 0 Å². The highest BCUT2D eigenvalue weighted by molar-refractivity contribution is 7.84. The Labute approximate surface area is 129 Å². The summed E-state index contributed by atoms with van der Waals surface area (Å²) >= 11 is 0. The zero-order valence-corrected chi connectivity index (χ0v) is 12.2. The van der Waals surface area contributed by atoms with Gasteiger partial charge in [-0.2, -0.15) is 26.0 Å². The van der Waals surface area contributed by atoms with Crippen molar-refractivity contribution in [3.63, 3.8) is 0 Å². The molecule has 0 aliphatic carbocycles. The molecule has 4 nitrogen and oxygen atoms in total. The summed E-state index contributed by atoms with van der Waals surface area (Å²) in [5.74, 6) is -2.22. The number of sulfonamides is 1. The van der Waals surface area contributed by atoms with E-state index in [1.54, 1.807) is 0 Å².